The molecule has 0 radical (unpaired) electrons. The maximum Gasteiger partial charge on any atom is 0.240 e. The largest absolute Gasteiger partial charge is 0.486 e. The molecule has 1 aromatic carbocycles. The van der Waals surface area contributed by atoms with E-state index < -0.39 is 0 Å². The van der Waals surface area contributed by atoms with Gasteiger partial charge in [0.05, 0.1) is 4.83 Å². The predicted octanol–water partition coefficient (Wildman–Crippen LogP) is 2.35. The Hall–Kier alpha value is -1.23. The second-order valence-corrected chi connectivity index (χ2v) is 5.53. The van der Waals surface area contributed by atoms with Gasteiger partial charge in [-0.1, -0.05) is 15.9 Å². The molecule has 2 heterocycles. The molecule has 1 unspecified atom stereocenters. The fraction of sp³-hybridized carbons (Fsp3) is 0.462. The summed E-state index contributed by atoms with van der Waals surface area (Å²) in [6.45, 7) is 1.91. The van der Waals surface area contributed by atoms with Gasteiger partial charge in [0.15, 0.2) is 11.5 Å². The van der Waals surface area contributed by atoms with Crippen LogP contribution in [-0.4, -0.2) is 30.5 Å². The lowest BCUT2D eigenvalue weighted by Crippen LogP contribution is -2.41. The zero-order valence-corrected chi connectivity index (χ0v) is 11.5. The quantitative estimate of drug-likeness (QED) is 0.747. The van der Waals surface area contributed by atoms with Crippen molar-refractivity contribution >= 4 is 27.5 Å². The number of fused-ring (bicyclic) bond motifs is 1. The number of nitrogens with zero attached hydrogens (tertiary/aromatic N) is 1. The molecule has 2 aliphatic heterocycles. The van der Waals surface area contributed by atoms with Gasteiger partial charge < -0.3 is 14.4 Å². The Morgan fingerprint density at radius 3 is 2.83 bits per heavy atom. The summed E-state index contributed by atoms with van der Waals surface area (Å²) >= 11 is 3.42. The lowest BCUT2D eigenvalue weighted by Gasteiger charge is -2.30. The van der Waals surface area contributed by atoms with E-state index in [2.05, 4.69) is 15.9 Å². The highest BCUT2D eigenvalue weighted by molar-refractivity contribution is 9.10. The number of ether oxygens (including phenoxy) is 2. The fourth-order valence-electron chi connectivity index (χ4n) is 2.29. The number of anilines is 1. The number of hydrogen-bond donors (Lipinski definition) is 0. The molecule has 5 heteroatoms. The second-order valence-electron chi connectivity index (χ2n) is 4.43. The van der Waals surface area contributed by atoms with Gasteiger partial charge in [-0.05, 0) is 25.0 Å². The molecule has 0 spiro atoms. The predicted molar refractivity (Wildman–Crippen MR) is 71.7 cm³/mol. The van der Waals surface area contributed by atoms with Crippen LogP contribution in [0.1, 0.15) is 12.8 Å². The summed E-state index contributed by atoms with van der Waals surface area (Å²) in [7, 11) is 0. The van der Waals surface area contributed by atoms with Crippen molar-refractivity contribution in [1.82, 2.24) is 0 Å². The van der Waals surface area contributed by atoms with Gasteiger partial charge in [-0.15, -0.1) is 0 Å². The molecular formula is C13H14BrNO3. The Kier molecular flexibility index (Phi) is 3.16. The summed E-state index contributed by atoms with van der Waals surface area (Å²) in [6.07, 6.45) is 1.91. The number of alkyl halides is 1. The van der Waals surface area contributed by atoms with E-state index in [1.165, 1.54) is 0 Å². The average Bonchev–Trinajstić information content (AvgIpc) is 2.41. The van der Waals surface area contributed by atoms with Crippen LogP contribution in [0.3, 0.4) is 0 Å². The first-order valence-corrected chi connectivity index (χ1v) is 7.02. The van der Waals surface area contributed by atoms with Crippen molar-refractivity contribution in [2.24, 2.45) is 0 Å². The SMILES string of the molecule is O=C1C(Br)CCCN1c1ccc2c(c1)OCCO2. The van der Waals surface area contributed by atoms with E-state index in [9.17, 15) is 4.79 Å². The van der Waals surface area contributed by atoms with E-state index in [-0.39, 0.29) is 10.7 Å². The number of carbonyl (C=O) groups is 1. The van der Waals surface area contributed by atoms with Gasteiger partial charge in [-0.3, -0.25) is 4.79 Å². The average molecular weight is 312 g/mol. The summed E-state index contributed by atoms with van der Waals surface area (Å²) in [6, 6.07) is 5.67. The Balaban J connectivity index is 1.89. The topological polar surface area (TPSA) is 38.8 Å². The number of halogens is 1. The zero-order valence-electron chi connectivity index (χ0n) is 9.89. The number of carbonyl (C=O) groups excluding carboxylic acids is 1. The van der Waals surface area contributed by atoms with Gasteiger partial charge in [-0.25, -0.2) is 0 Å². The molecule has 2 aliphatic rings. The van der Waals surface area contributed by atoms with Gasteiger partial charge in [0, 0.05) is 18.3 Å². The van der Waals surface area contributed by atoms with E-state index in [0.29, 0.717) is 13.2 Å². The monoisotopic (exact) mass is 311 g/mol. The molecular weight excluding hydrogens is 298 g/mol. The minimum absolute atomic E-state index is 0.0700. The van der Waals surface area contributed by atoms with Crippen LogP contribution in [0.5, 0.6) is 11.5 Å². The molecule has 1 atom stereocenters. The molecule has 0 aromatic heterocycles. The summed E-state index contributed by atoms with van der Waals surface area (Å²) in [5.74, 6) is 1.60. The fourth-order valence-corrected chi connectivity index (χ4v) is 2.86. The highest BCUT2D eigenvalue weighted by atomic mass is 79.9. The van der Waals surface area contributed by atoms with E-state index >= 15 is 0 Å². The normalized spacial score (nSPS) is 23.1. The summed E-state index contributed by atoms with van der Waals surface area (Å²) in [5.41, 5.74) is 0.883. The molecule has 0 bridgehead atoms. The molecule has 1 saturated heterocycles. The van der Waals surface area contributed by atoms with Crippen molar-refractivity contribution in [1.29, 1.82) is 0 Å². The number of amides is 1. The van der Waals surface area contributed by atoms with Crippen LogP contribution in [0, 0.1) is 0 Å². The van der Waals surface area contributed by atoms with Crippen molar-refractivity contribution in [2.45, 2.75) is 17.7 Å². The minimum atomic E-state index is -0.0700. The molecule has 1 fully saturated rings. The van der Waals surface area contributed by atoms with Gasteiger partial charge in [0.2, 0.25) is 5.91 Å². The lowest BCUT2D eigenvalue weighted by molar-refractivity contribution is -0.118. The smallest absolute Gasteiger partial charge is 0.240 e. The standard InChI is InChI=1S/C13H14BrNO3/c14-10-2-1-5-15(13(10)16)9-3-4-11-12(8-9)18-7-6-17-11/h3-4,8,10H,1-2,5-7H2. The minimum Gasteiger partial charge on any atom is -0.486 e. The van der Waals surface area contributed by atoms with Gasteiger partial charge in [0.25, 0.3) is 0 Å². The third-order valence-corrected chi connectivity index (χ3v) is 4.06. The van der Waals surface area contributed by atoms with E-state index in [0.717, 1.165) is 36.6 Å². The summed E-state index contributed by atoms with van der Waals surface area (Å²) in [5, 5.41) is 0. The molecule has 3 rings (SSSR count). The van der Waals surface area contributed by atoms with E-state index in [4.69, 9.17) is 9.47 Å². The molecule has 4 nitrogen and oxygen atoms in total. The van der Waals surface area contributed by atoms with Crippen LogP contribution in [0.15, 0.2) is 18.2 Å². The Bertz CT molecular complexity index is 477. The van der Waals surface area contributed by atoms with Crippen molar-refractivity contribution in [3.8, 4) is 11.5 Å². The van der Waals surface area contributed by atoms with Crippen LogP contribution >= 0.6 is 15.9 Å². The molecule has 18 heavy (non-hydrogen) atoms. The molecule has 1 aromatic rings. The highest BCUT2D eigenvalue weighted by Crippen LogP contribution is 2.35. The lowest BCUT2D eigenvalue weighted by atomic mass is 10.1. The van der Waals surface area contributed by atoms with Crippen molar-refractivity contribution < 1.29 is 14.3 Å². The first-order valence-electron chi connectivity index (χ1n) is 6.11. The maximum atomic E-state index is 12.1. The first kappa shape index (κ1) is 11.8. The molecule has 1 amide bonds. The van der Waals surface area contributed by atoms with E-state index in [1.807, 2.05) is 18.2 Å². The molecule has 0 aliphatic carbocycles. The van der Waals surface area contributed by atoms with Gasteiger partial charge in [-0.2, -0.15) is 0 Å². The Labute approximate surface area is 114 Å². The molecule has 96 valence electrons. The number of benzene rings is 1. The van der Waals surface area contributed by atoms with Gasteiger partial charge in [0.1, 0.15) is 13.2 Å². The van der Waals surface area contributed by atoms with Crippen LogP contribution in [0.25, 0.3) is 0 Å². The van der Waals surface area contributed by atoms with Gasteiger partial charge >= 0.3 is 0 Å². The third kappa shape index (κ3) is 2.07. The zero-order chi connectivity index (χ0) is 12.5. The number of rotatable bonds is 1. The number of hydrogen-bond acceptors (Lipinski definition) is 3. The second kappa shape index (κ2) is 4.80. The summed E-state index contributed by atoms with van der Waals surface area (Å²) in [4.78, 5) is 13.8. The van der Waals surface area contributed by atoms with Crippen molar-refractivity contribution in [3.05, 3.63) is 18.2 Å². The van der Waals surface area contributed by atoms with Crippen LogP contribution in [0.4, 0.5) is 5.69 Å². The maximum absolute atomic E-state index is 12.1. The Morgan fingerprint density at radius 2 is 2.00 bits per heavy atom. The molecule has 0 saturated carbocycles. The highest BCUT2D eigenvalue weighted by Gasteiger charge is 2.28. The molecule has 0 N–H and O–H groups in total. The van der Waals surface area contributed by atoms with Crippen molar-refractivity contribution in [2.75, 3.05) is 24.7 Å². The van der Waals surface area contributed by atoms with E-state index in [1.54, 1.807) is 4.90 Å². The van der Waals surface area contributed by atoms with Crippen molar-refractivity contribution in [3.63, 3.8) is 0 Å². The first-order chi connectivity index (χ1) is 8.75. The third-order valence-electron chi connectivity index (χ3n) is 3.21. The van der Waals surface area contributed by atoms with Crippen LogP contribution in [0.2, 0.25) is 0 Å². The Morgan fingerprint density at radius 1 is 1.22 bits per heavy atom. The summed E-state index contributed by atoms with van der Waals surface area (Å²) < 4.78 is 11.0. The number of piperidine rings is 1. The van der Waals surface area contributed by atoms with Crippen LogP contribution < -0.4 is 14.4 Å². The van der Waals surface area contributed by atoms with Crippen LogP contribution in [-0.2, 0) is 4.79 Å².